The molecule has 0 unspecified atom stereocenters. The van der Waals surface area contributed by atoms with Gasteiger partial charge in [0.25, 0.3) is 0 Å². The highest BCUT2D eigenvalue weighted by atomic mass is 35.5. The van der Waals surface area contributed by atoms with Gasteiger partial charge in [0.15, 0.2) is 5.78 Å². The van der Waals surface area contributed by atoms with Gasteiger partial charge in [-0.15, -0.1) is 11.6 Å². The van der Waals surface area contributed by atoms with Gasteiger partial charge >= 0.3 is 6.03 Å². The van der Waals surface area contributed by atoms with Gasteiger partial charge in [0, 0.05) is 42.7 Å². The molecule has 190 valence electrons. The Morgan fingerprint density at radius 3 is 2.03 bits per heavy atom. The number of ketones is 1. The van der Waals surface area contributed by atoms with Crippen molar-refractivity contribution >= 4 is 34.3 Å². The Kier molecular flexibility index (Phi) is 7.12. The smallest absolute Gasteiger partial charge is 0.328 e. The molecular weight excluding hydrogens is 499 g/mol. The lowest BCUT2D eigenvalue weighted by Crippen LogP contribution is -2.26. The van der Waals surface area contributed by atoms with Crippen LogP contribution < -0.4 is 0 Å². The monoisotopic (exact) mass is 524 g/mol. The van der Waals surface area contributed by atoms with Crippen LogP contribution in [0.1, 0.15) is 32.6 Å². The number of alkyl halides is 1. The summed E-state index contributed by atoms with van der Waals surface area (Å²) in [6.45, 7) is 0. The van der Waals surface area contributed by atoms with Gasteiger partial charge in [0.2, 0.25) is 0 Å². The summed E-state index contributed by atoms with van der Waals surface area (Å²) in [5.41, 5.74) is 6.39. The molecule has 1 heterocycles. The molecular formula is C32H26ClFN2O2. The topological polar surface area (TPSA) is 42.3 Å². The van der Waals surface area contributed by atoms with E-state index in [1.807, 2.05) is 54.6 Å². The van der Waals surface area contributed by atoms with Crippen molar-refractivity contribution in [3.63, 3.8) is 0 Å². The van der Waals surface area contributed by atoms with Crippen molar-refractivity contribution in [1.82, 2.24) is 9.47 Å². The van der Waals surface area contributed by atoms with Crippen molar-refractivity contribution < 1.29 is 14.0 Å². The van der Waals surface area contributed by atoms with E-state index in [9.17, 15) is 14.0 Å². The zero-order chi connectivity index (χ0) is 26.8. The lowest BCUT2D eigenvalue weighted by atomic mass is 9.95. The van der Waals surface area contributed by atoms with Crippen LogP contribution in [0.4, 0.5) is 9.18 Å². The summed E-state index contributed by atoms with van der Waals surface area (Å²) in [5.74, 6) is -0.0446. The summed E-state index contributed by atoms with van der Waals surface area (Å²) in [7, 11) is 3.34. The molecule has 0 aliphatic rings. The molecule has 0 aliphatic heterocycles. The molecule has 0 aliphatic carbocycles. The molecule has 6 heteroatoms. The number of hydrogen-bond donors (Lipinski definition) is 0. The van der Waals surface area contributed by atoms with E-state index in [1.165, 1.54) is 21.6 Å². The molecule has 0 saturated heterocycles. The summed E-state index contributed by atoms with van der Waals surface area (Å²) in [6, 6.07) is 27.1. The minimum Gasteiger partial charge on any atom is -0.330 e. The first-order valence-corrected chi connectivity index (χ1v) is 12.8. The van der Waals surface area contributed by atoms with Crippen LogP contribution >= 0.6 is 11.6 Å². The van der Waals surface area contributed by atoms with Crippen LogP contribution in [0.15, 0.2) is 97.2 Å². The highest BCUT2D eigenvalue weighted by Gasteiger charge is 2.23. The van der Waals surface area contributed by atoms with Gasteiger partial charge in [-0.2, -0.15) is 0 Å². The number of halogens is 2. The lowest BCUT2D eigenvalue weighted by Gasteiger charge is -2.12. The largest absolute Gasteiger partial charge is 0.330 e. The Morgan fingerprint density at radius 2 is 1.42 bits per heavy atom. The molecule has 1 amide bonds. The van der Waals surface area contributed by atoms with Crippen LogP contribution in [-0.4, -0.2) is 35.4 Å². The van der Waals surface area contributed by atoms with E-state index >= 15 is 0 Å². The van der Waals surface area contributed by atoms with Gasteiger partial charge in [-0.25, -0.2) is 9.18 Å². The molecule has 1 aromatic heterocycles. The van der Waals surface area contributed by atoms with E-state index in [-0.39, 0.29) is 17.6 Å². The van der Waals surface area contributed by atoms with Crippen LogP contribution in [0, 0.1) is 5.82 Å². The maximum Gasteiger partial charge on any atom is 0.328 e. The molecule has 4 aromatic carbocycles. The molecule has 38 heavy (non-hydrogen) atoms. The van der Waals surface area contributed by atoms with E-state index < -0.39 is 0 Å². The number of benzene rings is 4. The first-order chi connectivity index (χ1) is 18.4. The molecule has 0 N–H and O–H groups in total. The quantitative estimate of drug-likeness (QED) is 0.170. The zero-order valence-electron chi connectivity index (χ0n) is 21.1. The van der Waals surface area contributed by atoms with Crippen LogP contribution in [0.2, 0.25) is 0 Å². The van der Waals surface area contributed by atoms with E-state index in [2.05, 4.69) is 12.1 Å². The van der Waals surface area contributed by atoms with Crippen LogP contribution in [-0.2, 0) is 12.3 Å². The fraction of sp³-hybridized carbons (Fsp3) is 0.125. The predicted octanol–water partition coefficient (Wildman–Crippen LogP) is 7.54. The summed E-state index contributed by atoms with van der Waals surface area (Å²) in [6.07, 6.45) is 2.34. The molecule has 0 radical (unpaired) electrons. The van der Waals surface area contributed by atoms with Gasteiger partial charge in [0.1, 0.15) is 5.82 Å². The Bertz CT molecular complexity index is 1620. The van der Waals surface area contributed by atoms with Gasteiger partial charge in [-0.05, 0) is 52.4 Å². The molecule has 0 atom stereocenters. The Balaban J connectivity index is 1.55. The molecule has 0 saturated carbocycles. The molecule has 0 spiro atoms. The molecule has 0 bridgehead atoms. The second kappa shape index (κ2) is 10.6. The highest BCUT2D eigenvalue weighted by molar-refractivity contribution is 6.20. The summed E-state index contributed by atoms with van der Waals surface area (Å²) < 4.78 is 15.1. The van der Waals surface area contributed by atoms with Crippen molar-refractivity contribution in [2.75, 3.05) is 14.1 Å². The Hall–Kier alpha value is -4.22. The van der Waals surface area contributed by atoms with E-state index in [0.717, 1.165) is 34.2 Å². The third-order valence-corrected chi connectivity index (χ3v) is 6.93. The summed E-state index contributed by atoms with van der Waals surface area (Å²) in [5, 5.41) is 0.655. The maximum absolute atomic E-state index is 13.8. The third kappa shape index (κ3) is 4.98. The SMILES string of the molecule is CN(C)C(=O)n1cc(C(=O)c2ccc(Cc3ccc(CCl)cc3)cc2)c2c(-c3ccc(F)cc3)cccc21. The average molecular weight is 525 g/mol. The molecule has 0 fully saturated rings. The maximum atomic E-state index is 13.8. The fourth-order valence-electron chi connectivity index (χ4n) is 4.61. The van der Waals surface area contributed by atoms with E-state index in [4.69, 9.17) is 11.6 Å². The minimum atomic E-state index is -0.340. The summed E-state index contributed by atoms with van der Waals surface area (Å²) >= 11 is 5.89. The van der Waals surface area contributed by atoms with E-state index in [1.54, 1.807) is 32.4 Å². The number of carbonyl (C=O) groups is 2. The molecule has 4 nitrogen and oxygen atoms in total. The Labute approximate surface area is 225 Å². The Morgan fingerprint density at radius 1 is 0.816 bits per heavy atom. The number of amides is 1. The fourth-order valence-corrected chi connectivity index (χ4v) is 4.79. The van der Waals surface area contributed by atoms with Gasteiger partial charge in [-0.3, -0.25) is 9.36 Å². The normalized spacial score (nSPS) is 11.1. The van der Waals surface area contributed by atoms with Crippen molar-refractivity contribution in [1.29, 1.82) is 0 Å². The van der Waals surface area contributed by atoms with Crippen LogP contribution in [0.3, 0.4) is 0 Å². The minimum absolute atomic E-state index is 0.187. The van der Waals surface area contributed by atoms with Gasteiger partial charge in [-0.1, -0.05) is 72.8 Å². The number of carbonyl (C=O) groups excluding carboxylic acids is 2. The van der Waals surface area contributed by atoms with Crippen molar-refractivity contribution in [3.8, 4) is 11.1 Å². The first-order valence-electron chi connectivity index (χ1n) is 12.2. The average Bonchev–Trinajstić information content (AvgIpc) is 3.33. The van der Waals surface area contributed by atoms with Crippen molar-refractivity contribution in [2.24, 2.45) is 0 Å². The molecule has 5 aromatic rings. The van der Waals surface area contributed by atoms with Crippen molar-refractivity contribution in [3.05, 3.63) is 131 Å². The summed E-state index contributed by atoms with van der Waals surface area (Å²) in [4.78, 5) is 28.3. The number of hydrogen-bond acceptors (Lipinski definition) is 2. The van der Waals surface area contributed by atoms with Gasteiger partial charge in [0.05, 0.1) is 5.52 Å². The standard InChI is InChI=1S/C32H26ClFN2O2/c1-35(2)32(38)36-20-28(30-27(4-3-5-29(30)36)24-14-16-26(34)17-15-24)31(37)25-12-10-22(11-13-25)18-21-6-8-23(19-33)9-7-21/h3-17,20H,18-19H2,1-2H3. The number of fused-ring (bicyclic) bond motifs is 1. The zero-order valence-corrected chi connectivity index (χ0v) is 21.9. The first kappa shape index (κ1) is 25.4. The van der Waals surface area contributed by atoms with Crippen LogP contribution in [0.5, 0.6) is 0 Å². The van der Waals surface area contributed by atoms with Crippen molar-refractivity contribution in [2.45, 2.75) is 12.3 Å². The van der Waals surface area contributed by atoms with Gasteiger partial charge < -0.3 is 4.90 Å². The molecule has 5 rings (SSSR count). The second-order valence-electron chi connectivity index (χ2n) is 9.45. The number of rotatable bonds is 6. The van der Waals surface area contributed by atoms with E-state index in [0.29, 0.717) is 27.9 Å². The third-order valence-electron chi connectivity index (χ3n) is 6.62. The number of nitrogens with zero attached hydrogens (tertiary/aromatic N) is 2. The highest BCUT2D eigenvalue weighted by Crippen LogP contribution is 2.34. The second-order valence-corrected chi connectivity index (χ2v) is 9.72. The predicted molar refractivity (Wildman–Crippen MR) is 150 cm³/mol. The van der Waals surface area contributed by atoms with Crippen LogP contribution in [0.25, 0.3) is 22.0 Å². The number of aromatic nitrogens is 1. The lowest BCUT2D eigenvalue weighted by molar-refractivity contribution is 0.104.